The Morgan fingerprint density at radius 3 is 1.93 bits per heavy atom. The average Bonchev–Trinajstić information content (AvgIpc) is 2.03. The summed E-state index contributed by atoms with van der Waals surface area (Å²) in [5.41, 5.74) is 0. The van der Waals surface area contributed by atoms with Crippen molar-refractivity contribution in [1.29, 1.82) is 0 Å². The van der Waals surface area contributed by atoms with Crippen LogP contribution in [0.2, 0.25) is 0 Å². The van der Waals surface area contributed by atoms with Crippen molar-refractivity contribution in [3.63, 3.8) is 0 Å². The zero-order chi connectivity index (χ0) is 11.0. The Bertz CT molecular complexity index is 296. The van der Waals surface area contributed by atoms with Crippen molar-refractivity contribution in [2.45, 2.75) is 0 Å². The SMILES string of the molecule is O=POC(=O)O.Oc1cccc(O)c1. The van der Waals surface area contributed by atoms with Crippen LogP contribution in [0.4, 0.5) is 4.79 Å². The third kappa shape index (κ3) is 6.87. The van der Waals surface area contributed by atoms with Crippen LogP contribution in [-0.4, -0.2) is 21.5 Å². The number of phenolic OH excluding ortho intramolecular Hbond substituents is 2. The van der Waals surface area contributed by atoms with Gasteiger partial charge in [0.25, 0.3) is 0 Å². The molecular formula is C7H7O6P. The zero-order valence-electron chi connectivity index (χ0n) is 6.82. The number of hydrogen-bond acceptors (Lipinski definition) is 5. The zero-order valence-corrected chi connectivity index (χ0v) is 7.72. The number of hydrogen-bond donors (Lipinski definition) is 3. The van der Waals surface area contributed by atoms with Crippen molar-refractivity contribution in [1.82, 2.24) is 0 Å². The van der Waals surface area contributed by atoms with Crippen LogP contribution in [0.25, 0.3) is 0 Å². The second-order valence-corrected chi connectivity index (χ2v) is 2.28. The van der Waals surface area contributed by atoms with Gasteiger partial charge in [-0.2, -0.15) is 0 Å². The normalized spacial score (nSPS) is 8.57. The Balaban J connectivity index is 0.000000255. The van der Waals surface area contributed by atoms with E-state index in [9.17, 15) is 4.79 Å². The van der Waals surface area contributed by atoms with E-state index in [-0.39, 0.29) is 11.5 Å². The molecule has 0 atom stereocenters. The summed E-state index contributed by atoms with van der Waals surface area (Å²) >= 11 is 0. The van der Waals surface area contributed by atoms with E-state index in [1.807, 2.05) is 0 Å². The lowest BCUT2D eigenvalue weighted by Gasteiger charge is -1.89. The highest BCUT2D eigenvalue weighted by atomic mass is 31.1. The lowest BCUT2D eigenvalue weighted by Crippen LogP contribution is -1.86. The van der Waals surface area contributed by atoms with Crippen molar-refractivity contribution >= 4 is 14.8 Å². The number of benzene rings is 1. The van der Waals surface area contributed by atoms with Gasteiger partial charge in [0.2, 0.25) is 0 Å². The van der Waals surface area contributed by atoms with E-state index in [1.54, 1.807) is 6.07 Å². The smallest absolute Gasteiger partial charge is 0.508 e. The Morgan fingerprint density at radius 1 is 1.29 bits per heavy atom. The summed E-state index contributed by atoms with van der Waals surface area (Å²) in [6, 6.07) is 5.85. The molecule has 76 valence electrons. The summed E-state index contributed by atoms with van der Waals surface area (Å²) in [5.74, 6) is 0.176. The fourth-order valence-electron chi connectivity index (χ4n) is 0.525. The molecule has 0 saturated carbocycles. The van der Waals surface area contributed by atoms with Crippen LogP contribution in [0.5, 0.6) is 11.5 Å². The van der Waals surface area contributed by atoms with Crippen LogP contribution in [0, 0.1) is 0 Å². The van der Waals surface area contributed by atoms with Gasteiger partial charge in [0.05, 0.1) is 0 Å². The molecule has 0 spiro atoms. The molecule has 7 heteroatoms. The van der Waals surface area contributed by atoms with E-state index in [0.717, 1.165) is 0 Å². The van der Waals surface area contributed by atoms with Gasteiger partial charge in [-0.1, -0.05) is 6.07 Å². The van der Waals surface area contributed by atoms with Crippen LogP contribution < -0.4 is 0 Å². The van der Waals surface area contributed by atoms with Crippen LogP contribution in [-0.2, 0) is 9.09 Å². The standard InChI is InChI=1S/C6H6O2.CHO4P/c7-5-2-1-3-6(8)4-5;2-1(3)5-6-4/h1-4,7-8H;(H,2,3). The molecule has 0 amide bonds. The number of aromatic hydroxyl groups is 2. The molecule has 0 saturated heterocycles. The maximum absolute atomic E-state index is 9.17. The highest BCUT2D eigenvalue weighted by Gasteiger charge is 1.89. The summed E-state index contributed by atoms with van der Waals surface area (Å²) in [4.78, 5) is 9.17. The summed E-state index contributed by atoms with van der Waals surface area (Å²) in [6.07, 6.45) is -1.54. The van der Waals surface area contributed by atoms with Gasteiger partial charge in [-0.25, -0.2) is 9.36 Å². The minimum absolute atomic E-state index is 0.0880. The lowest BCUT2D eigenvalue weighted by molar-refractivity contribution is 0.149. The van der Waals surface area contributed by atoms with Crippen LogP contribution in [0.1, 0.15) is 0 Å². The molecule has 0 fully saturated rings. The molecule has 0 aliphatic rings. The number of carboxylic acid groups (broad SMARTS) is 1. The first-order valence-electron chi connectivity index (χ1n) is 3.27. The first kappa shape index (κ1) is 12.2. The largest absolute Gasteiger partial charge is 0.516 e. The molecule has 0 heterocycles. The van der Waals surface area contributed by atoms with Crippen molar-refractivity contribution in [3.05, 3.63) is 24.3 Å². The van der Waals surface area contributed by atoms with Crippen LogP contribution >= 0.6 is 8.69 Å². The molecule has 0 bridgehead atoms. The highest BCUT2D eigenvalue weighted by Crippen LogP contribution is 2.14. The minimum Gasteiger partial charge on any atom is -0.508 e. The lowest BCUT2D eigenvalue weighted by atomic mass is 10.3. The molecule has 0 aliphatic heterocycles. The highest BCUT2D eigenvalue weighted by molar-refractivity contribution is 7.18. The van der Waals surface area contributed by atoms with Gasteiger partial charge >= 0.3 is 14.8 Å². The first-order valence-corrected chi connectivity index (χ1v) is 4.00. The molecule has 14 heavy (non-hydrogen) atoms. The van der Waals surface area contributed by atoms with Crippen molar-refractivity contribution in [2.75, 3.05) is 0 Å². The maximum atomic E-state index is 9.17. The van der Waals surface area contributed by atoms with Crippen molar-refractivity contribution in [2.24, 2.45) is 0 Å². The molecule has 3 N–H and O–H groups in total. The van der Waals surface area contributed by atoms with Crippen molar-refractivity contribution in [3.8, 4) is 11.5 Å². The molecule has 1 aromatic carbocycles. The van der Waals surface area contributed by atoms with Crippen molar-refractivity contribution < 1.29 is 29.2 Å². The first-order chi connectivity index (χ1) is 6.56. The third-order valence-electron chi connectivity index (χ3n) is 0.945. The van der Waals surface area contributed by atoms with E-state index in [0.29, 0.717) is 0 Å². The third-order valence-corrected chi connectivity index (χ3v) is 1.18. The van der Waals surface area contributed by atoms with E-state index in [1.165, 1.54) is 18.2 Å². The van der Waals surface area contributed by atoms with Crippen LogP contribution in [0.15, 0.2) is 24.3 Å². The molecule has 6 nitrogen and oxygen atoms in total. The van der Waals surface area contributed by atoms with Gasteiger partial charge in [0.15, 0.2) is 0 Å². The average molecular weight is 218 g/mol. The molecule has 1 aromatic rings. The molecule has 0 radical (unpaired) electrons. The molecule has 0 unspecified atom stereocenters. The Morgan fingerprint density at radius 2 is 1.79 bits per heavy atom. The summed E-state index contributed by atoms with van der Waals surface area (Å²) in [7, 11) is -0.826. The second-order valence-electron chi connectivity index (χ2n) is 1.95. The number of carbonyl (C=O) groups is 1. The molecule has 0 aliphatic carbocycles. The Hall–Kier alpha value is -1.81. The molecule has 0 aromatic heterocycles. The van der Waals surface area contributed by atoms with Gasteiger partial charge in [-0.3, -0.25) is 0 Å². The minimum atomic E-state index is -1.54. The quantitative estimate of drug-likeness (QED) is 0.622. The summed E-state index contributed by atoms with van der Waals surface area (Å²) in [6.45, 7) is 0. The maximum Gasteiger partial charge on any atom is 0.516 e. The predicted octanol–water partition coefficient (Wildman–Crippen LogP) is 1.99. The topological polar surface area (TPSA) is 104 Å². The van der Waals surface area contributed by atoms with E-state index >= 15 is 0 Å². The number of phenols is 2. The van der Waals surface area contributed by atoms with E-state index < -0.39 is 14.8 Å². The van der Waals surface area contributed by atoms with Gasteiger partial charge < -0.3 is 19.8 Å². The number of rotatable bonds is 1. The predicted molar refractivity (Wildman–Crippen MR) is 46.5 cm³/mol. The summed E-state index contributed by atoms with van der Waals surface area (Å²) < 4.78 is 12.5. The molecular weight excluding hydrogens is 211 g/mol. The molecule has 1 rings (SSSR count). The van der Waals surface area contributed by atoms with Gasteiger partial charge in [0.1, 0.15) is 11.5 Å². The van der Waals surface area contributed by atoms with Gasteiger partial charge in [0, 0.05) is 6.07 Å². The summed E-state index contributed by atoms with van der Waals surface area (Å²) in [5, 5.41) is 24.8. The fraction of sp³-hybridized carbons (Fsp3) is 0. The fourth-order valence-corrected chi connectivity index (χ4v) is 0.589. The van der Waals surface area contributed by atoms with Gasteiger partial charge in [-0.15, -0.1) is 0 Å². The van der Waals surface area contributed by atoms with E-state index in [2.05, 4.69) is 4.52 Å². The monoisotopic (exact) mass is 218 g/mol. The Kier molecular flexibility index (Phi) is 5.82. The van der Waals surface area contributed by atoms with E-state index in [4.69, 9.17) is 19.9 Å². The Labute approximate surface area is 80.7 Å². The second kappa shape index (κ2) is 6.68. The van der Waals surface area contributed by atoms with Gasteiger partial charge in [-0.05, 0) is 12.1 Å². The van der Waals surface area contributed by atoms with Crippen LogP contribution in [0.3, 0.4) is 0 Å².